The number of nitrogens with zero attached hydrogens (tertiary/aromatic N) is 1. The zero-order valence-electron chi connectivity index (χ0n) is 13.4. The molecular weight excluding hydrogens is 240 g/mol. The van der Waals surface area contributed by atoms with Gasteiger partial charge in [-0.3, -0.25) is 4.90 Å². The van der Waals surface area contributed by atoms with Gasteiger partial charge in [0.1, 0.15) is 0 Å². The quantitative estimate of drug-likeness (QED) is 0.492. The fraction of sp³-hybridized carbons (Fsp3) is 1.00. The van der Waals surface area contributed by atoms with Crippen molar-refractivity contribution in [1.29, 1.82) is 0 Å². The van der Waals surface area contributed by atoms with Crippen molar-refractivity contribution in [1.82, 2.24) is 10.2 Å². The van der Waals surface area contributed by atoms with E-state index in [4.69, 9.17) is 9.47 Å². The molecule has 0 radical (unpaired) electrons. The minimum absolute atomic E-state index is 0.653. The molecule has 1 N–H and O–H groups in total. The van der Waals surface area contributed by atoms with Crippen molar-refractivity contribution in [3.8, 4) is 0 Å². The van der Waals surface area contributed by atoms with Crippen molar-refractivity contribution in [3.05, 3.63) is 0 Å². The molecule has 0 saturated heterocycles. The smallest absolute Gasteiger partial charge is 0.0593 e. The third-order valence-electron chi connectivity index (χ3n) is 3.36. The van der Waals surface area contributed by atoms with Crippen LogP contribution in [-0.4, -0.2) is 63.5 Å². The Morgan fingerprint density at radius 1 is 0.842 bits per heavy atom. The summed E-state index contributed by atoms with van der Waals surface area (Å²) in [4.78, 5) is 2.42. The summed E-state index contributed by atoms with van der Waals surface area (Å²) in [6.07, 6.45) is 2.41. The number of ether oxygens (including phenoxy) is 2. The lowest BCUT2D eigenvalue weighted by Crippen LogP contribution is -2.39. The first-order valence-electron chi connectivity index (χ1n) is 7.89. The van der Waals surface area contributed by atoms with Crippen LogP contribution in [-0.2, 0) is 9.47 Å². The Morgan fingerprint density at radius 2 is 1.37 bits per heavy atom. The number of hydrogen-bond acceptors (Lipinski definition) is 4. The van der Waals surface area contributed by atoms with Gasteiger partial charge in [0.25, 0.3) is 0 Å². The summed E-state index contributed by atoms with van der Waals surface area (Å²) in [5.41, 5.74) is 0. The van der Waals surface area contributed by atoms with Crippen LogP contribution in [0.4, 0.5) is 0 Å². The van der Waals surface area contributed by atoms with E-state index in [0.29, 0.717) is 6.04 Å². The van der Waals surface area contributed by atoms with Crippen LogP contribution in [0.25, 0.3) is 0 Å². The summed E-state index contributed by atoms with van der Waals surface area (Å²) in [6, 6.07) is 0.653. The zero-order valence-corrected chi connectivity index (χ0v) is 13.4. The van der Waals surface area contributed by atoms with Crippen molar-refractivity contribution in [2.75, 3.05) is 52.6 Å². The minimum atomic E-state index is 0.653. The number of nitrogens with one attached hydrogen (secondary N) is 1. The van der Waals surface area contributed by atoms with Crippen LogP contribution in [0.15, 0.2) is 0 Å². The Morgan fingerprint density at radius 3 is 1.79 bits per heavy atom. The molecule has 4 heteroatoms. The summed E-state index contributed by atoms with van der Waals surface area (Å²) in [5, 5.41) is 3.61. The van der Waals surface area contributed by atoms with Gasteiger partial charge in [-0.05, 0) is 26.7 Å². The molecule has 0 aliphatic rings. The highest BCUT2D eigenvalue weighted by Crippen LogP contribution is 1.96. The van der Waals surface area contributed by atoms with Gasteiger partial charge >= 0.3 is 0 Å². The second kappa shape index (κ2) is 14.3. The summed E-state index contributed by atoms with van der Waals surface area (Å²) in [5.74, 6) is 0. The van der Waals surface area contributed by atoms with Crippen molar-refractivity contribution >= 4 is 0 Å². The van der Waals surface area contributed by atoms with Gasteiger partial charge in [0.15, 0.2) is 0 Å². The van der Waals surface area contributed by atoms with Gasteiger partial charge in [0, 0.05) is 45.4 Å². The van der Waals surface area contributed by atoms with Crippen molar-refractivity contribution in [2.45, 2.75) is 46.6 Å². The molecule has 0 unspecified atom stereocenters. The third-order valence-corrected chi connectivity index (χ3v) is 3.36. The molecule has 0 aliphatic carbocycles. The highest BCUT2D eigenvalue weighted by molar-refractivity contribution is 4.65. The maximum atomic E-state index is 5.44. The first-order chi connectivity index (χ1) is 9.28. The second-order valence-electron chi connectivity index (χ2n) is 4.70. The van der Waals surface area contributed by atoms with Crippen LogP contribution >= 0.6 is 0 Å². The molecule has 0 rings (SSSR count). The minimum Gasteiger partial charge on any atom is -0.380 e. The van der Waals surface area contributed by atoms with Gasteiger partial charge in [-0.1, -0.05) is 13.8 Å². The first-order valence-corrected chi connectivity index (χ1v) is 7.89. The van der Waals surface area contributed by atoms with Crippen LogP contribution in [0.3, 0.4) is 0 Å². The number of hydrogen-bond donors (Lipinski definition) is 1. The maximum absolute atomic E-state index is 5.44. The van der Waals surface area contributed by atoms with Crippen LogP contribution in [0.5, 0.6) is 0 Å². The van der Waals surface area contributed by atoms with E-state index in [0.717, 1.165) is 52.6 Å². The molecule has 0 heterocycles. The average Bonchev–Trinajstić information content (AvgIpc) is 2.43. The molecule has 4 nitrogen and oxygen atoms in total. The molecule has 0 amide bonds. The molecule has 0 atom stereocenters. The van der Waals surface area contributed by atoms with Gasteiger partial charge in [-0.2, -0.15) is 0 Å². The summed E-state index contributed by atoms with van der Waals surface area (Å²) in [6.45, 7) is 15.9. The molecule has 0 spiro atoms. The van der Waals surface area contributed by atoms with Gasteiger partial charge in [-0.15, -0.1) is 0 Å². The lowest BCUT2D eigenvalue weighted by Gasteiger charge is -2.23. The van der Waals surface area contributed by atoms with E-state index >= 15 is 0 Å². The Balaban J connectivity index is 3.81. The van der Waals surface area contributed by atoms with E-state index in [9.17, 15) is 0 Å². The molecule has 19 heavy (non-hydrogen) atoms. The highest BCUT2D eigenvalue weighted by atomic mass is 16.5. The fourth-order valence-corrected chi connectivity index (χ4v) is 2.02. The predicted octanol–water partition coefficient (Wildman–Crippen LogP) is 2.14. The lowest BCUT2D eigenvalue weighted by atomic mass is 10.2. The lowest BCUT2D eigenvalue weighted by molar-refractivity contribution is 0.0828. The van der Waals surface area contributed by atoms with Crippen molar-refractivity contribution in [3.63, 3.8) is 0 Å². The first kappa shape index (κ1) is 18.8. The third kappa shape index (κ3) is 11.4. The van der Waals surface area contributed by atoms with Crippen LogP contribution in [0.1, 0.15) is 40.5 Å². The predicted molar refractivity (Wildman–Crippen MR) is 81.8 cm³/mol. The topological polar surface area (TPSA) is 33.7 Å². The molecule has 116 valence electrons. The Kier molecular flexibility index (Phi) is 14.1. The van der Waals surface area contributed by atoms with Crippen LogP contribution < -0.4 is 5.32 Å². The number of rotatable bonds is 14. The van der Waals surface area contributed by atoms with E-state index in [-0.39, 0.29) is 0 Å². The fourth-order valence-electron chi connectivity index (χ4n) is 2.02. The maximum Gasteiger partial charge on any atom is 0.0593 e. The monoisotopic (exact) mass is 274 g/mol. The standard InChI is InChI=1S/C15H34N2O2/c1-5-15(6-2)16-9-10-17(11-13-18-7-3)12-14-19-8-4/h15-16H,5-14H2,1-4H3. The Labute approximate surface area is 119 Å². The van der Waals surface area contributed by atoms with Gasteiger partial charge in [0.05, 0.1) is 13.2 Å². The highest BCUT2D eigenvalue weighted by Gasteiger charge is 2.06. The Hall–Kier alpha value is -0.160. The Bertz CT molecular complexity index is 166. The second-order valence-corrected chi connectivity index (χ2v) is 4.70. The van der Waals surface area contributed by atoms with E-state index < -0.39 is 0 Å². The van der Waals surface area contributed by atoms with E-state index in [1.807, 2.05) is 13.8 Å². The molecule has 0 bridgehead atoms. The average molecular weight is 274 g/mol. The summed E-state index contributed by atoms with van der Waals surface area (Å²) >= 11 is 0. The van der Waals surface area contributed by atoms with Gasteiger partial charge in [-0.25, -0.2) is 0 Å². The van der Waals surface area contributed by atoms with Crippen LogP contribution in [0, 0.1) is 0 Å². The summed E-state index contributed by atoms with van der Waals surface area (Å²) in [7, 11) is 0. The molecule has 0 saturated carbocycles. The molecular formula is C15H34N2O2. The normalized spacial score (nSPS) is 11.7. The zero-order chi connectivity index (χ0) is 14.3. The van der Waals surface area contributed by atoms with E-state index in [1.165, 1.54) is 12.8 Å². The SMILES string of the molecule is CCOCCN(CCNC(CC)CC)CCOCC. The molecule has 0 aliphatic heterocycles. The van der Waals surface area contributed by atoms with Crippen molar-refractivity contribution < 1.29 is 9.47 Å². The molecule has 0 aromatic rings. The molecule has 0 aromatic carbocycles. The summed E-state index contributed by atoms with van der Waals surface area (Å²) < 4.78 is 10.9. The van der Waals surface area contributed by atoms with E-state index in [2.05, 4.69) is 24.1 Å². The van der Waals surface area contributed by atoms with E-state index in [1.54, 1.807) is 0 Å². The molecule has 0 aromatic heterocycles. The van der Waals surface area contributed by atoms with Gasteiger partial charge < -0.3 is 14.8 Å². The van der Waals surface area contributed by atoms with Crippen LogP contribution in [0.2, 0.25) is 0 Å². The van der Waals surface area contributed by atoms with Gasteiger partial charge in [0.2, 0.25) is 0 Å². The van der Waals surface area contributed by atoms with Crippen molar-refractivity contribution in [2.24, 2.45) is 0 Å². The molecule has 0 fully saturated rings. The largest absolute Gasteiger partial charge is 0.380 e.